The summed E-state index contributed by atoms with van der Waals surface area (Å²) in [4.78, 5) is 19.9. The molecule has 5 aromatic carbocycles. The Morgan fingerprint density at radius 2 is 1.15 bits per heavy atom. The number of hydrogen-bond acceptors (Lipinski definition) is 7. The van der Waals surface area contributed by atoms with Gasteiger partial charge in [0.15, 0.2) is 0 Å². The standard InChI is InChI=1S/C43H43ClNO6P/c1-6-49-39-27-34-35(28-40(39)50-7-2)45-36(42(43(46)51-8-3)41(34)30-24-25-37(47-4)38(26-30)48-5)29-52(44,31-18-12-9-13-19-31,32-20-14-10-15-21-32)33-22-16-11-17-23-33/h9-28H,6-8,29H2,1-5H3. The van der Waals surface area contributed by atoms with Crippen LogP contribution >= 0.6 is 17.2 Å². The van der Waals surface area contributed by atoms with Gasteiger partial charge in [0.25, 0.3) is 0 Å². The van der Waals surface area contributed by atoms with E-state index >= 15 is 0 Å². The summed E-state index contributed by atoms with van der Waals surface area (Å²) >= 11 is 8.60. The molecule has 0 spiro atoms. The van der Waals surface area contributed by atoms with E-state index in [4.69, 9.17) is 39.9 Å². The fraction of sp³-hybridized carbons (Fsp3) is 0.209. The third-order valence-corrected chi connectivity index (χ3v) is 16.3. The van der Waals surface area contributed by atoms with Crippen LogP contribution in [0, 0.1) is 0 Å². The molecule has 0 atom stereocenters. The third-order valence-electron chi connectivity index (χ3n) is 9.21. The Morgan fingerprint density at radius 1 is 0.635 bits per heavy atom. The van der Waals surface area contributed by atoms with Gasteiger partial charge >= 0.3 is 311 Å². The van der Waals surface area contributed by atoms with E-state index in [0.717, 1.165) is 15.9 Å². The Morgan fingerprint density at radius 3 is 1.63 bits per heavy atom. The molecule has 0 aliphatic heterocycles. The first kappa shape index (κ1) is 36.7. The summed E-state index contributed by atoms with van der Waals surface area (Å²) in [5.41, 5.74) is 2.72. The van der Waals surface area contributed by atoms with Gasteiger partial charge in [0.1, 0.15) is 0 Å². The van der Waals surface area contributed by atoms with Crippen molar-refractivity contribution in [1.82, 2.24) is 4.98 Å². The van der Waals surface area contributed by atoms with Gasteiger partial charge in [-0.2, -0.15) is 0 Å². The van der Waals surface area contributed by atoms with Crippen LogP contribution in [0.1, 0.15) is 36.8 Å². The summed E-state index contributed by atoms with van der Waals surface area (Å²) in [6, 6.07) is 39.8. The Balaban J connectivity index is 1.81. The number of nitrogens with zero attached hydrogens (tertiary/aromatic N) is 1. The second kappa shape index (κ2) is 15.6. The van der Waals surface area contributed by atoms with Crippen molar-refractivity contribution >= 4 is 50.0 Å². The summed E-state index contributed by atoms with van der Waals surface area (Å²) < 4.78 is 29.4. The molecule has 0 saturated heterocycles. The average Bonchev–Trinajstić information content (AvgIpc) is 3.18. The molecule has 0 bridgehead atoms. The average molecular weight is 736 g/mol. The maximum absolute atomic E-state index is 14.6. The molecule has 9 heteroatoms. The first-order valence-electron chi connectivity index (χ1n) is 17.4. The number of ether oxygens (including phenoxy) is 5. The van der Waals surface area contributed by atoms with Crippen LogP contribution in [0.5, 0.6) is 23.0 Å². The van der Waals surface area contributed by atoms with Gasteiger partial charge in [-0.25, -0.2) is 0 Å². The molecule has 6 aromatic rings. The SMILES string of the molecule is CCOC(=O)c1c(CP(Cl)(c2ccccc2)(c2ccccc2)c2ccccc2)nc2cc(OCC)c(OCC)cc2c1-c1ccc(OC)c(OC)c1. The third kappa shape index (κ3) is 6.55. The molecule has 0 unspecified atom stereocenters. The number of aromatic nitrogens is 1. The van der Waals surface area contributed by atoms with Gasteiger partial charge in [-0.15, -0.1) is 0 Å². The predicted octanol–water partition coefficient (Wildman–Crippen LogP) is 9.08. The van der Waals surface area contributed by atoms with Gasteiger partial charge in [0.05, 0.1) is 0 Å². The molecule has 0 aliphatic carbocycles. The minimum atomic E-state index is -4.00. The summed E-state index contributed by atoms with van der Waals surface area (Å²) in [6.07, 6.45) is 0.201. The zero-order chi connectivity index (χ0) is 36.7. The molecule has 1 aromatic heterocycles. The number of esters is 1. The van der Waals surface area contributed by atoms with E-state index in [0.29, 0.717) is 69.5 Å². The maximum atomic E-state index is 14.6. The minimum absolute atomic E-state index is 0.162. The molecule has 0 radical (unpaired) electrons. The Kier molecular flexibility index (Phi) is 11.0. The molecule has 52 heavy (non-hydrogen) atoms. The van der Waals surface area contributed by atoms with Gasteiger partial charge in [-0.05, 0) is 0 Å². The molecule has 1 heterocycles. The first-order valence-corrected chi connectivity index (χ1v) is 20.7. The number of pyridine rings is 1. The molecule has 0 N–H and O–H groups in total. The van der Waals surface area contributed by atoms with Crippen LogP contribution in [0.25, 0.3) is 22.0 Å². The van der Waals surface area contributed by atoms with Crippen LogP contribution in [0.15, 0.2) is 121 Å². The van der Waals surface area contributed by atoms with Crippen molar-refractivity contribution < 1.29 is 28.5 Å². The molecule has 7 nitrogen and oxygen atoms in total. The molecular formula is C43H43ClNO6P. The molecule has 0 aliphatic rings. The van der Waals surface area contributed by atoms with Crippen molar-refractivity contribution in [1.29, 1.82) is 0 Å². The number of benzene rings is 5. The molecular weight excluding hydrogens is 693 g/mol. The monoisotopic (exact) mass is 735 g/mol. The summed E-state index contributed by atoms with van der Waals surface area (Å²) in [5.74, 6) is -2.36. The fourth-order valence-electron chi connectivity index (χ4n) is 6.91. The summed E-state index contributed by atoms with van der Waals surface area (Å²) in [5, 5.41) is 3.51. The Bertz CT molecular complexity index is 2080. The van der Waals surface area contributed by atoms with Crippen molar-refractivity contribution in [3.8, 4) is 34.1 Å². The Hall–Kier alpha value is -5.10. The number of carbonyl (C=O) groups is 1. The van der Waals surface area contributed by atoms with Gasteiger partial charge in [0.2, 0.25) is 0 Å². The van der Waals surface area contributed by atoms with Gasteiger partial charge in [0, 0.05) is 0 Å². The Labute approximate surface area is 310 Å². The van der Waals surface area contributed by atoms with Crippen molar-refractivity contribution in [2.45, 2.75) is 26.9 Å². The zero-order valence-electron chi connectivity index (χ0n) is 30.1. The van der Waals surface area contributed by atoms with Gasteiger partial charge in [-0.3, -0.25) is 0 Å². The molecule has 0 amide bonds. The molecule has 268 valence electrons. The fourth-order valence-corrected chi connectivity index (χ4v) is 12.9. The number of fused-ring (bicyclic) bond motifs is 1. The van der Waals surface area contributed by atoms with E-state index in [9.17, 15) is 4.79 Å². The second-order valence-corrected chi connectivity index (χ2v) is 18.6. The van der Waals surface area contributed by atoms with Crippen molar-refractivity contribution in [2.24, 2.45) is 0 Å². The summed E-state index contributed by atoms with van der Waals surface area (Å²) in [6.45, 7) is 6.64. The van der Waals surface area contributed by atoms with Gasteiger partial charge < -0.3 is 0 Å². The topological polar surface area (TPSA) is 76.1 Å². The second-order valence-electron chi connectivity index (χ2n) is 12.1. The van der Waals surface area contributed by atoms with Crippen LogP contribution in [0.3, 0.4) is 0 Å². The zero-order valence-corrected chi connectivity index (χ0v) is 31.7. The number of hydrogen-bond donors (Lipinski definition) is 0. The van der Waals surface area contributed by atoms with Crippen LogP contribution in [0.2, 0.25) is 0 Å². The number of rotatable bonds is 14. The van der Waals surface area contributed by atoms with Crippen LogP contribution < -0.4 is 34.9 Å². The molecule has 0 fully saturated rings. The van der Waals surface area contributed by atoms with Crippen LogP contribution in [-0.2, 0) is 10.9 Å². The van der Waals surface area contributed by atoms with Gasteiger partial charge in [-0.1, -0.05) is 0 Å². The normalized spacial score (nSPS) is 12.1. The van der Waals surface area contributed by atoms with Crippen molar-refractivity contribution in [3.63, 3.8) is 0 Å². The predicted molar refractivity (Wildman–Crippen MR) is 213 cm³/mol. The van der Waals surface area contributed by atoms with Crippen LogP contribution in [0.4, 0.5) is 0 Å². The first-order chi connectivity index (χ1) is 25.3. The van der Waals surface area contributed by atoms with Crippen molar-refractivity contribution in [3.05, 3.63) is 133 Å². The van der Waals surface area contributed by atoms with Crippen LogP contribution in [-0.4, -0.2) is 45.0 Å². The van der Waals surface area contributed by atoms with E-state index in [-0.39, 0.29) is 12.8 Å². The molecule has 0 saturated carbocycles. The summed E-state index contributed by atoms with van der Waals surface area (Å²) in [7, 11) is 3.17. The van der Waals surface area contributed by atoms with E-state index < -0.39 is 11.9 Å². The van der Waals surface area contributed by atoms with E-state index in [1.165, 1.54) is 0 Å². The van der Waals surface area contributed by atoms with E-state index in [2.05, 4.69) is 36.4 Å². The quantitative estimate of drug-likeness (QED) is 0.0816. The van der Waals surface area contributed by atoms with Crippen molar-refractivity contribution in [2.75, 3.05) is 34.0 Å². The number of carbonyl (C=O) groups excluding carboxylic acids is 1. The van der Waals surface area contributed by atoms with E-state index in [1.54, 1.807) is 21.1 Å². The van der Waals surface area contributed by atoms with E-state index in [1.807, 2.05) is 98.8 Å². The number of halogens is 1. The molecule has 6 rings (SSSR count). The number of methoxy groups -OCH3 is 2.